The van der Waals surface area contributed by atoms with Crippen LogP contribution in [0.5, 0.6) is 0 Å². The van der Waals surface area contributed by atoms with E-state index in [1.807, 2.05) is 0 Å². The van der Waals surface area contributed by atoms with Crippen LogP contribution in [0, 0.1) is 0 Å². The van der Waals surface area contributed by atoms with E-state index in [4.69, 9.17) is 10.2 Å². The fraction of sp³-hybridized carbons (Fsp3) is 1.00. The number of aliphatic hydroxyl groups excluding tert-OH is 2. The van der Waals surface area contributed by atoms with Gasteiger partial charge in [0.2, 0.25) is 0 Å². The van der Waals surface area contributed by atoms with Crippen molar-refractivity contribution in [1.82, 2.24) is 0 Å². The predicted molar refractivity (Wildman–Crippen MR) is 26.4 cm³/mol. The van der Waals surface area contributed by atoms with Gasteiger partial charge in [0.05, 0.1) is 26.4 Å². The van der Waals surface area contributed by atoms with Crippen LogP contribution in [0.1, 0.15) is 0 Å². The predicted octanol–water partition coefficient (Wildman–Crippen LogP) is -1.25. The topological polar surface area (TPSA) is 107 Å². The molecule has 0 bridgehead atoms. The van der Waals surface area contributed by atoms with Crippen molar-refractivity contribution in [1.29, 1.82) is 0 Å². The van der Waals surface area contributed by atoms with Crippen molar-refractivity contribution in [3.63, 3.8) is 0 Å². The van der Waals surface area contributed by atoms with E-state index in [9.17, 15) is 0 Å². The molecule has 0 aromatic carbocycles. The Balaban J connectivity index is -0.0000000600. The first kappa shape index (κ1) is 22.4. The molecule has 0 atom stereocenters. The minimum Gasteiger partial charge on any atom is -2.00 e. The van der Waals surface area contributed by atoms with Crippen molar-refractivity contribution in [3.8, 4) is 0 Å². The van der Waals surface area contributed by atoms with E-state index < -0.39 is 0 Å². The molecule has 0 aromatic heterocycles. The summed E-state index contributed by atoms with van der Waals surface area (Å²) in [6.07, 6.45) is 0. The summed E-state index contributed by atoms with van der Waals surface area (Å²) >= 11 is 0. The average molecular weight is 186 g/mol. The Hall–Kier alpha value is 0.514. The largest absolute Gasteiger partial charge is 4.00 e. The maximum atomic E-state index is 8.09. The van der Waals surface area contributed by atoms with Gasteiger partial charge in [-0.1, -0.05) is 0 Å². The molecule has 0 unspecified atom stereocenters. The van der Waals surface area contributed by atoms with Gasteiger partial charge in [-0.15, -0.1) is 0 Å². The average Bonchev–Trinajstić information content (AvgIpc) is 1.69. The summed E-state index contributed by atoms with van der Waals surface area (Å²) in [6.45, 7) is 0.696. The van der Waals surface area contributed by atoms with Crippen molar-refractivity contribution in [3.05, 3.63) is 0 Å². The van der Waals surface area contributed by atoms with Gasteiger partial charge in [0.1, 0.15) is 0 Å². The van der Waals surface area contributed by atoms with Gasteiger partial charge in [-0.2, -0.15) is 0 Å². The minimum absolute atomic E-state index is 0. The third-order valence-corrected chi connectivity index (χ3v) is 0.471. The van der Waals surface area contributed by atoms with E-state index in [2.05, 4.69) is 4.74 Å². The molecule has 0 aliphatic carbocycles. The first-order valence-electron chi connectivity index (χ1n) is 2.21. The monoisotopic (exact) mass is 186 g/mol. The third kappa shape index (κ3) is 23.6. The second-order valence-corrected chi connectivity index (χ2v) is 1.06. The molecule has 0 aliphatic rings. The summed E-state index contributed by atoms with van der Waals surface area (Å²) in [4.78, 5) is 0. The molecule has 10 heavy (non-hydrogen) atoms. The van der Waals surface area contributed by atoms with Crippen molar-refractivity contribution in [2.75, 3.05) is 26.4 Å². The van der Waals surface area contributed by atoms with Crippen LogP contribution in [-0.2, 0) is 37.4 Å². The van der Waals surface area contributed by atoms with Crippen LogP contribution in [0.3, 0.4) is 0 Å². The molecular formula is C4H10O5Ti. The van der Waals surface area contributed by atoms with E-state index >= 15 is 0 Å². The molecule has 0 aromatic rings. The zero-order chi connectivity index (χ0) is 5.54. The molecular weight excluding hydrogens is 176 g/mol. The molecule has 0 aliphatic heterocycles. The molecule has 5 nitrogen and oxygen atoms in total. The maximum absolute atomic E-state index is 8.09. The van der Waals surface area contributed by atoms with E-state index in [0.717, 1.165) is 0 Å². The van der Waals surface area contributed by atoms with Gasteiger partial charge < -0.3 is 25.9 Å². The number of hydrogen-bond donors (Lipinski definition) is 2. The first-order chi connectivity index (χ1) is 3.41. The zero-order valence-electron chi connectivity index (χ0n) is 5.45. The van der Waals surface area contributed by atoms with Gasteiger partial charge in [-0.3, -0.25) is 0 Å². The molecule has 0 saturated carbocycles. The van der Waals surface area contributed by atoms with Gasteiger partial charge in [0.25, 0.3) is 0 Å². The van der Waals surface area contributed by atoms with Gasteiger partial charge in [-0.05, 0) is 0 Å². The third-order valence-electron chi connectivity index (χ3n) is 0.471. The molecule has 0 heterocycles. The van der Waals surface area contributed by atoms with Gasteiger partial charge in [0, 0.05) is 0 Å². The Morgan fingerprint density at radius 1 is 0.900 bits per heavy atom. The van der Waals surface area contributed by atoms with Crippen LogP contribution in [0.2, 0.25) is 0 Å². The summed E-state index contributed by atoms with van der Waals surface area (Å²) in [5, 5.41) is 16.2. The molecule has 0 fully saturated rings. The van der Waals surface area contributed by atoms with Crippen LogP contribution in [0.15, 0.2) is 0 Å². The molecule has 0 amide bonds. The standard InChI is InChI=1S/C4H10O3.2O.Ti/c5-1-3-7-4-2-6;;;/h5-6H,1-4H2;;;/q;2*-2;+4. The molecule has 0 saturated heterocycles. The molecule has 0 radical (unpaired) electrons. The van der Waals surface area contributed by atoms with Gasteiger partial charge >= 0.3 is 21.7 Å². The zero-order valence-corrected chi connectivity index (χ0v) is 7.01. The Labute approximate surface area is 74.5 Å². The summed E-state index contributed by atoms with van der Waals surface area (Å²) in [6, 6.07) is 0. The Morgan fingerprint density at radius 3 is 1.40 bits per heavy atom. The summed E-state index contributed by atoms with van der Waals surface area (Å²) in [5.41, 5.74) is 0. The van der Waals surface area contributed by atoms with Crippen molar-refractivity contribution >= 4 is 0 Å². The molecule has 6 heteroatoms. The van der Waals surface area contributed by atoms with Crippen LogP contribution < -0.4 is 0 Å². The van der Waals surface area contributed by atoms with Gasteiger partial charge in [0.15, 0.2) is 0 Å². The van der Waals surface area contributed by atoms with E-state index in [-0.39, 0.29) is 45.9 Å². The van der Waals surface area contributed by atoms with Crippen LogP contribution >= 0.6 is 0 Å². The van der Waals surface area contributed by atoms with Crippen LogP contribution in [0.25, 0.3) is 0 Å². The molecule has 0 rings (SSSR count). The summed E-state index contributed by atoms with van der Waals surface area (Å²) in [5.74, 6) is 0. The van der Waals surface area contributed by atoms with E-state index in [0.29, 0.717) is 13.2 Å². The molecule has 2 N–H and O–H groups in total. The maximum Gasteiger partial charge on any atom is 4.00 e. The summed E-state index contributed by atoms with van der Waals surface area (Å²) < 4.78 is 4.63. The second kappa shape index (κ2) is 22.7. The number of hydrogen-bond acceptors (Lipinski definition) is 3. The normalized spacial score (nSPS) is 6.60. The smallest absolute Gasteiger partial charge is 2.00 e. The number of ether oxygens (including phenoxy) is 1. The summed E-state index contributed by atoms with van der Waals surface area (Å²) in [7, 11) is 0. The fourth-order valence-corrected chi connectivity index (χ4v) is 0.231. The SMILES string of the molecule is OCCOCCO.[O-2].[O-2].[Ti+4]. The molecule has 60 valence electrons. The second-order valence-electron chi connectivity index (χ2n) is 1.06. The van der Waals surface area contributed by atoms with Crippen LogP contribution in [0.4, 0.5) is 0 Å². The Kier molecular flexibility index (Phi) is 50.9. The minimum atomic E-state index is 0. The fourth-order valence-electron chi connectivity index (χ4n) is 0.231. The van der Waals surface area contributed by atoms with Gasteiger partial charge in [-0.25, -0.2) is 0 Å². The Morgan fingerprint density at radius 2 is 1.20 bits per heavy atom. The molecule has 0 spiro atoms. The van der Waals surface area contributed by atoms with Crippen LogP contribution in [-0.4, -0.2) is 36.6 Å². The number of rotatable bonds is 4. The van der Waals surface area contributed by atoms with E-state index in [1.165, 1.54) is 0 Å². The quantitative estimate of drug-likeness (QED) is 0.422. The first-order valence-corrected chi connectivity index (χ1v) is 2.21. The van der Waals surface area contributed by atoms with Crippen molar-refractivity contribution in [2.45, 2.75) is 0 Å². The van der Waals surface area contributed by atoms with Crippen molar-refractivity contribution < 1.29 is 47.6 Å². The number of aliphatic hydroxyl groups is 2. The van der Waals surface area contributed by atoms with E-state index in [1.54, 1.807) is 0 Å². The Bertz CT molecular complexity index is 32.8. The van der Waals surface area contributed by atoms with Crippen molar-refractivity contribution in [2.24, 2.45) is 0 Å².